The van der Waals surface area contributed by atoms with E-state index in [0.717, 1.165) is 42.0 Å². The van der Waals surface area contributed by atoms with Crippen LogP contribution in [0.1, 0.15) is 17.5 Å². The maximum Gasteiger partial charge on any atom is 0.224 e. The van der Waals surface area contributed by atoms with Crippen LogP contribution in [0.5, 0.6) is 0 Å². The summed E-state index contributed by atoms with van der Waals surface area (Å²) in [6.07, 6.45) is 1.60. The SMILES string of the molecule is O=C(CC1CSCCN1)N1CCc2cccc(Br)c2C1. The van der Waals surface area contributed by atoms with E-state index in [4.69, 9.17) is 0 Å². The third kappa shape index (κ3) is 3.21. The molecule has 1 aromatic carbocycles. The Morgan fingerprint density at radius 2 is 2.40 bits per heavy atom. The number of fused-ring (bicyclic) bond motifs is 1. The Labute approximate surface area is 132 Å². The third-order valence-corrected chi connectivity index (χ3v) is 5.86. The molecular formula is C15H19BrN2OS. The zero-order valence-corrected chi connectivity index (χ0v) is 13.8. The van der Waals surface area contributed by atoms with Crippen LogP contribution in [0.25, 0.3) is 0 Å². The Morgan fingerprint density at radius 1 is 1.50 bits per heavy atom. The van der Waals surface area contributed by atoms with Crippen LogP contribution in [0.4, 0.5) is 0 Å². The van der Waals surface area contributed by atoms with Gasteiger partial charge in [0.05, 0.1) is 0 Å². The highest BCUT2D eigenvalue weighted by molar-refractivity contribution is 9.10. The summed E-state index contributed by atoms with van der Waals surface area (Å²) < 4.78 is 1.12. The van der Waals surface area contributed by atoms with Crippen molar-refractivity contribution in [2.24, 2.45) is 0 Å². The van der Waals surface area contributed by atoms with E-state index in [-0.39, 0.29) is 5.91 Å². The smallest absolute Gasteiger partial charge is 0.224 e. The molecule has 1 unspecified atom stereocenters. The zero-order valence-electron chi connectivity index (χ0n) is 11.4. The number of nitrogens with one attached hydrogen (secondary N) is 1. The van der Waals surface area contributed by atoms with E-state index in [1.54, 1.807) is 0 Å². The largest absolute Gasteiger partial charge is 0.338 e. The van der Waals surface area contributed by atoms with Crippen LogP contribution in [-0.4, -0.2) is 41.4 Å². The van der Waals surface area contributed by atoms with E-state index in [9.17, 15) is 4.79 Å². The molecule has 1 fully saturated rings. The molecule has 3 rings (SSSR count). The van der Waals surface area contributed by atoms with Gasteiger partial charge in [0.25, 0.3) is 0 Å². The molecule has 1 amide bonds. The van der Waals surface area contributed by atoms with Gasteiger partial charge >= 0.3 is 0 Å². The third-order valence-electron chi connectivity index (χ3n) is 3.99. The lowest BCUT2D eigenvalue weighted by molar-refractivity contribution is -0.132. The number of rotatable bonds is 2. The Morgan fingerprint density at radius 3 is 3.20 bits per heavy atom. The van der Waals surface area contributed by atoms with Gasteiger partial charge in [-0.1, -0.05) is 28.1 Å². The monoisotopic (exact) mass is 354 g/mol. The summed E-state index contributed by atoms with van der Waals surface area (Å²) in [5.74, 6) is 2.50. The number of carbonyl (C=O) groups is 1. The van der Waals surface area contributed by atoms with Crippen LogP contribution in [0, 0.1) is 0 Å². The standard InChI is InChI=1S/C15H19BrN2OS/c16-14-3-1-2-11-4-6-18(9-13(11)14)15(19)8-12-10-20-7-5-17-12/h1-3,12,17H,4-10H2. The van der Waals surface area contributed by atoms with Crippen molar-refractivity contribution in [1.29, 1.82) is 0 Å². The molecule has 1 N–H and O–H groups in total. The first-order chi connectivity index (χ1) is 9.74. The molecule has 0 aromatic heterocycles. The summed E-state index contributed by atoms with van der Waals surface area (Å²) >= 11 is 5.55. The molecule has 20 heavy (non-hydrogen) atoms. The fourth-order valence-electron chi connectivity index (χ4n) is 2.84. The van der Waals surface area contributed by atoms with Gasteiger partial charge in [0.15, 0.2) is 0 Å². The predicted molar refractivity (Wildman–Crippen MR) is 87.0 cm³/mol. The van der Waals surface area contributed by atoms with Gasteiger partial charge < -0.3 is 10.2 Å². The Hall–Kier alpha value is -0.520. The second-order valence-corrected chi connectivity index (χ2v) is 7.38. The maximum atomic E-state index is 12.4. The number of hydrogen-bond donors (Lipinski definition) is 1. The molecule has 2 aliphatic heterocycles. The van der Waals surface area contributed by atoms with Crippen molar-refractivity contribution in [3.63, 3.8) is 0 Å². The first-order valence-corrected chi connectivity index (χ1v) is 9.04. The normalized spacial score (nSPS) is 22.4. The van der Waals surface area contributed by atoms with E-state index in [2.05, 4.69) is 39.4 Å². The van der Waals surface area contributed by atoms with Crippen molar-refractivity contribution in [3.8, 4) is 0 Å². The van der Waals surface area contributed by atoms with Crippen molar-refractivity contribution in [1.82, 2.24) is 10.2 Å². The van der Waals surface area contributed by atoms with Crippen molar-refractivity contribution < 1.29 is 4.79 Å². The molecule has 0 spiro atoms. The highest BCUT2D eigenvalue weighted by Crippen LogP contribution is 2.27. The first kappa shape index (κ1) is 14.4. The Balaban J connectivity index is 1.64. The number of nitrogens with zero attached hydrogens (tertiary/aromatic N) is 1. The molecule has 0 radical (unpaired) electrons. The summed E-state index contributed by atoms with van der Waals surface area (Å²) in [5, 5.41) is 3.44. The molecule has 2 aliphatic rings. The van der Waals surface area contributed by atoms with E-state index < -0.39 is 0 Å². The summed E-state index contributed by atoms with van der Waals surface area (Å²) in [4.78, 5) is 14.5. The zero-order chi connectivity index (χ0) is 13.9. The van der Waals surface area contributed by atoms with Gasteiger partial charge in [0, 0.05) is 48.1 Å². The van der Waals surface area contributed by atoms with E-state index in [1.165, 1.54) is 11.1 Å². The highest BCUT2D eigenvalue weighted by Gasteiger charge is 2.25. The van der Waals surface area contributed by atoms with E-state index >= 15 is 0 Å². The van der Waals surface area contributed by atoms with Crippen LogP contribution in [0.15, 0.2) is 22.7 Å². The van der Waals surface area contributed by atoms with E-state index in [1.807, 2.05) is 16.7 Å². The summed E-state index contributed by atoms with van der Waals surface area (Å²) in [7, 11) is 0. The molecule has 0 aliphatic carbocycles. The molecule has 2 heterocycles. The molecule has 1 atom stereocenters. The van der Waals surface area contributed by atoms with Gasteiger partial charge in [-0.3, -0.25) is 4.79 Å². The fourth-order valence-corrected chi connectivity index (χ4v) is 4.33. The lowest BCUT2D eigenvalue weighted by Crippen LogP contribution is -2.44. The molecule has 1 aromatic rings. The summed E-state index contributed by atoms with van der Waals surface area (Å²) in [6, 6.07) is 6.65. The molecule has 3 nitrogen and oxygen atoms in total. The quantitative estimate of drug-likeness (QED) is 0.885. The van der Waals surface area contributed by atoms with Crippen molar-refractivity contribution in [2.45, 2.75) is 25.4 Å². The minimum atomic E-state index is 0.284. The summed E-state index contributed by atoms with van der Waals surface area (Å²) in [6.45, 7) is 2.62. The minimum absolute atomic E-state index is 0.284. The Bertz CT molecular complexity index is 503. The van der Waals surface area contributed by atoms with Crippen molar-refractivity contribution in [3.05, 3.63) is 33.8 Å². The van der Waals surface area contributed by atoms with Gasteiger partial charge in [-0.2, -0.15) is 11.8 Å². The van der Waals surface area contributed by atoms with Crippen molar-refractivity contribution in [2.75, 3.05) is 24.6 Å². The number of hydrogen-bond acceptors (Lipinski definition) is 3. The van der Waals surface area contributed by atoms with Gasteiger partial charge in [-0.15, -0.1) is 0 Å². The number of benzene rings is 1. The maximum absolute atomic E-state index is 12.4. The van der Waals surface area contributed by atoms with Gasteiger partial charge in [-0.25, -0.2) is 0 Å². The number of amides is 1. The van der Waals surface area contributed by atoms with Crippen LogP contribution in [0.2, 0.25) is 0 Å². The Kier molecular flexibility index (Phi) is 4.68. The molecule has 0 saturated carbocycles. The van der Waals surface area contributed by atoms with Gasteiger partial charge in [0.1, 0.15) is 0 Å². The molecule has 0 bridgehead atoms. The topological polar surface area (TPSA) is 32.3 Å². The summed E-state index contributed by atoms with van der Waals surface area (Å²) in [5.41, 5.74) is 2.65. The van der Waals surface area contributed by atoms with Gasteiger partial charge in [0.2, 0.25) is 5.91 Å². The van der Waals surface area contributed by atoms with Crippen LogP contribution in [-0.2, 0) is 17.8 Å². The lowest BCUT2D eigenvalue weighted by atomic mass is 9.99. The average Bonchev–Trinajstić information content (AvgIpc) is 2.48. The average molecular weight is 355 g/mol. The lowest BCUT2D eigenvalue weighted by Gasteiger charge is -2.31. The highest BCUT2D eigenvalue weighted by atomic mass is 79.9. The molecular weight excluding hydrogens is 336 g/mol. The fraction of sp³-hybridized carbons (Fsp3) is 0.533. The second kappa shape index (κ2) is 6.50. The van der Waals surface area contributed by atoms with Crippen LogP contribution < -0.4 is 5.32 Å². The molecule has 1 saturated heterocycles. The van der Waals surface area contributed by atoms with Gasteiger partial charge in [-0.05, 0) is 23.6 Å². The number of thioether (sulfide) groups is 1. The number of carbonyl (C=O) groups excluding carboxylic acids is 1. The second-order valence-electron chi connectivity index (χ2n) is 5.37. The minimum Gasteiger partial charge on any atom is -0.338 e. The molecule has 5 heteroatoms. The first-order valence-electron chi connectivity index (χ1n) is 7.09. The van der Waals surface area contributed by atoms with Crippen LogP contribution in [0.3, 0.4) is 0 Å². The van der Waals surface area contributed by atoms with E-state index in [0.29, 0.717) is 12.5 Å². The van der Waals surface area contributed by atoms with Crippen molar-refractivity contribution >= 4 is 33.6 Å². The van der Waals surface area contributed by atoms with Crippen LogP contribution >= 0.6 is 27.7 Å². The number of halogens is 1. The predicted octanol–water partition coefficient (Wildman–Crippen LogP) is 2.43. The molecule has 108 valence electrons.